The van der Waals surface area contributed by atoms with Crippen molar-refractivity contribution in [2.75, 3.05) is 5.75 Å². The van der Waals surface area contributed by atoms with Crippen molar-refractivity contribution in [3.05, 3.63) is 61.7 Å². The van der Waals surface area contributed by atoms with Crippen molar-refractivity contribution in [1.82, 2.24) is 9.55 Å². The van der Waals surface area contributed by atoms with Crippen LogP contribution < -0.4 is 11.3 Å². The van der Waals surface area contributed by atoms with Crippen LogP contribution >= 0.6 is 11.8 Å². The van der Waals surface area contributed by atoms with Crippen LogP contribution in [0.1, 0.15) is 80.0 Å². The van der Waals surface area contributed by atoms with Gasteiger partial charge in [0.1, 0.15) is 12.4 Å². The Morgan fingerprint density at radius 2 is 1.90 bits per heavy atom. The summed E-state index contributed by atoms with van der Waals surface area (Å²) < 4.78 is 21.1. The molecule has 2 aliphatic heterocycles. The lowest BCUT2D eigenvalue weighted by atomic mass is 9.85. The normalized spacial score (nSPS) is 16.2. The fraction of sp³-hybridized carbons (Fsp3) is 0.467. The number of fused-ring (bicyclic) bond motifs is 5. The largest absolute Gasteiger partial charge is 0.458 e. The Morgan fingerprint density at radius 3 is 2.58 bits per heavy atom. The van der Waals surface area contributed by atoms with Gasteiger partial charge in [-0.05, 0) is 54.2 Å². The predicted molar refractivity (Wildman–Crippen MR) is 155 cm³/mol. The number of cyclic esters (lactones) is 1. The number of esters is 1. The van der Waals surface area contributed by atoms with Crippen molar-refractivity contribution in [2.24, 2.45) is 5.73 Å². The summed E-state index contributed by atoms with van der Waals surface area (Å²) in [5, 5.41) is 11.8. The van der Waals surface area contributed by atoms with E-state index in [1.165, 1.54) is 6.07 Å². The summed E-state index contributed by atoms with van der Waals surface area (Å²) in [4.78, 5) is 39.8. The molecule has 1 atom stereocenters. The first kappa shape index (κ1) is 29.7. The summed E-state index contributed by atoms with van der Waals surface area (Å²) in [6, 6.07) is 3.13. The molecule has 0 bridgehead atoms. The number of carbonyl (C=O) groups is 2. The summed E-state index contributed by atoms with van der Waals surface area (Å²) in [7, 11) is 0. The van der Waals surface area contributed by atoms with E-state index in [0.717, 1.165) is 47.1 Å². The number of rotatable bonds is 4. The SMILES string of the molecule is CC.CC(C)SCCC(N)=O.Cc1c(F)cc2nc3c(c4c2c1CCC4)Cn1c-3cc2c(c1=O)COC(=O)C2O. The minimum atomic E-state index is -1.48. The smallest absolute Gasteiger partial charge is 0.340 e. The van der Waals surface area contributed by atoms with Gasteiger partial charge in [0.25, 0.3) is 5.56 Å². The number of halogens is 1. The minimum absolute atomic E-state index is 0.141. The van der Waals surface area contributed by atoms with Crippen LogP contribution in [0, 0.1) is 12.7 Å². The van der Waals surface area contributed by atoms with E-state index in [1.54, 1.807) is 29.3 Å². The second kappa shape index (κ2) is 12.1. The maximum atomic E-state index is 14.5. The summed E-state index contributed by atoms with van der Waals surface area (Å²) in [5.41, 5.74) is 10.8. The zero-order chi connectivity index (χ0) is 29.3. The van der Waals surface area contributed by atoms with Gasteiger partial charge in [-0.2, -0.15) is 11.8 Å². The van der Waals surface area contributed by atoms with Gasteiger partial charge < -0.3 is 20.1 Å². The van der Waals surface area contributed by atoms with Crippen molar-refractivity contribution in [3.63, 3.8) is 0 Å². The summed E-state index contributed by atoms with van der Waals surface area (Å²) >= 11 is 1.76. The molecule has 0 spiro atoms. The number of hydrogen-bond donors (Lipinski definition) is 2. The summed E-state index contributed by atoms with van der Waals surface area (Å²) in [6.45, 7) is 10.3. The average Bonchev–Trinajstić information content (AvgIpc) is 3.30. The van der Waals surface area contributed by atoms with Crippen LogP contribution in [0.5, 0.6) is 0 Å². The van der Waals surface area contributed by atoms with Gasteiger partial charge in [-0.15, -0.1) is 0 Å². The zero-order valence-electron chi connectivity index (χ0n) is 23.6. The molecule has 1 unspecified atom stereocenters. The number of ether oxygens (including phenoxy) is 1. The van der Waals surface area contributed by atoms with E-state index < -0.39 is 12.1 Å². The van der Waals surface area contributed by atoms with E-state index in [9.17, 15) is 23.9 Å². The summed E-state index contributed by atoms with van der Waals surface area (Å²) in [6.07, 6.45) is 1.62. The maximum absolute atomic E-state index is 14.5. The molecule has 1 aliphatic carbocycles. The average molecular weight is 570 g/mol. The lowest BCUT2D eigenvalue weighted by molar-refractivity contribution is -0.157. The Hall–Kier alpha value is -3.24. The molecule has 40 heavy (non-hydrogen) atoms. The van der Waals surface area contributed by atoms with Gasteiger partial charge in [0.15, 0.2) is 6.10 Å². The number of primary amides is 1. The van der Waals surface area contributed by atoms with Gasteiger partial charge >= 0.3 is 5.97 Å². The van der Waals surface area contributed by atoms with Crippen LogP contribution in [0.25, 0.3) is 22.3 Å². The first-order valence-corrected chi connectivity index (χ1v) is 14.8. The van der Waals surface area contributed by atoms with E-state index in [1.807, 2.05) is 13.8 Å². The number of aryl methyl sites for hydroxylation is 2. The minimum Gasteiger partial charge on any atom is -0.458 e. The number of aromatic nitrogens is 2. The third kappa shape index (κ3) is 5.39. The molecule has 2 aromatic heterocycles. The number of nitrogens with two attached hydrogens (primary N) is 1. The second-order valence-electron chi connectivity index (χ2n) is 10.1. The molecule has 1 amide bonds. The molecule has 0 fully saturated rings. The molecule has 8 nitrogen and oxygen atoms in total. The van der Waals surface area contributed by atoms with Gasteiger partial charge in [0, 0.05) is 34.8 Å². The number of benzene rings is 1. The van der Waals surface area contributed by atoms with E-state index in [2.05, 4.69) is 13.8 Å². The Kier molecular flexibility index (Phi) is 8.99. The predicted octanol–water partition coefficient (Wildman–Crippen LogP) is 4.48. The standard InChI is InChI=1S/C22H17FN2O4.C6H13NOS.C2H6/c1-9-10-3-2-4-11-13-7-25-17(19(13)24-16(18(10)11)6-15(9)23)5-12-14(21(25)27)8-29-22(28)20(12)26;1-5(2)9-4-3-6(7)8;1-2/h5-6,20,26H,2-4,7-8H2,1H3;5H,3-4H2,1-2H3,(H2,7,8);1-2H3. The molecule has 6 rings (SSSR count). The topological polar surface area (TPSA) is 125 Å². The van der Waals surface area contributed by atoms with Gasteiger partial charge in [-0.3, -0.25) is 9.59 Å². The van der Waals surface area contributed by atoms with Crippen molar-refractivity contribution in [2.45, 2.75) is 84.8 Å². The van der Waals surface area contributed by atoms with Crippen molar-refractivity contribution < 1.29 is 23.8 Å². The van der Waals surface area contributed by atoms with Crippen LogP contribution in [0.3, 0.4) is 0 Å². The molecule has 3 N–H and O–H groups in total. The van der Waals surface area contributed by atoms with E-state index in [-0.39, 0.29) is 29.5 Å². The molecule has 0 saturated heterocycles. The summed E-state index contributed by atoms with van der Waals surface area (Å²) in [5.74, 6) is -0.383. The molecular weight excluding hydrogens is 533 g/mol. The number of carbonyl (C=O) groups excluding carboxylic acids is 2. The van der Waals surface area contributed by atoms with Crippen LogP contribution in [-0.4, -0.2) is 37.5 Å². The number of aliphatic hydroxyl groups excluding tert-OH is 1. The fourth-order valence-electron chi connectivity index (χ4n) is 5.46. The second-order valence-corrected chi connectivity index (χ2v) is 11.8. The molecular formula is C30H36FN3O5S. The molecule has 0 saturated carbocycles. The Bertz CT molecular complexity index is 1550. The van der Waals surface area contributed by atoms with Crippen molar-refractivity contribution in [3.8, 4) is 11.4 Å². The molecule has 4 heterocycles. The molecule has 1 aromatic carbocycles. The highest BCUT2D eigenvalue weighted by Gasteiger charge is 2.35. The van der Waals surface area contributed by atoms with Gasteiger partial charge in [-0.25, -0.2) is 14.2 Å². The molecule has 10 heteroatoms. The molecule has 214 valence electrons. The first-order chi connectivity index (χ1) is 19.1. The highest BCUT2D eigenvalue weighted by molar-refractivity contribution is 7.99. The molecule has 3 aliphatic rings. The van der Waals surface area contributed by atoms with Crippen molar-refractivity contribution >= 4 is 34.5 Å². The lowest BCUT2D eigenvalue weighted by Crippen LogP contribution is -2.32. The van der Waals surface area contributed by atoms with Gasteiger partial charge in [-0.1, -0.05) is 27.7 Å². The first-order valence-electron chi connectivity index (χ1n) is 13.7. The van der Waals surface area contributed by atoms with Crippen LogP contribution in [0.2, 0.25) is 0 Å². The van der Waals surface area contributed by atoms with Crippen molar-refractivity contribution in [1.29, 1.82) is 0 Å². The number of hydrogen-bond acceptors (Lipinski definition) is 7. The zero-order valence-corrected chi connectivity index (χ0v) is 24.4. The van der Waals surface area contributed by atoms with E-state index >= 15 is 0 Å². The Morgan fingerprint density at radius 1 is 1.20 bits per heavy atom. The Balaban J connectivity index is 0.000000290. The van der Waals surface area contributed by atoms with Crippen LogP contribution in [0.15, 0.2) is 16.9 Å². The third-order valence-corrected chi connectivity index (χ3v) is 8.45. The quantitative estimate of drug-likeness (QED) is 0.347. The van der Waals surface area contributed by atoms with E-state index in [0.29, 0.717) is 46.2 Å². The van der Waals surface area contributed by atoms with Crippen LogP contribution in [-0.2, 0) is 40.3 Å². The highest BCUT2D eigenvalue weighted by atomic mass is 32.2. The monoisotopic (exact) mass is 569 g/mol. The maximum Gasteiger partial charge on any atom is 0.340 e. The number of thioether (sulfide) groups is 1. The Labute approximate surface area is 237 Å². The highest BCUT2D eigenvalue weighted by Crippen LogP contribution is 2.41. The van der Waals surface area contributed by atoms with Crippen LogP contribution in [0.4, 0.5) is 4.39 Å². The fourth-order valence-corrected chi connectivity index (χ4v) is 6.25. The van der Waals surface area contributed by atoms with E-state index in [4.69, 9.17) is 15.5 Å². The third-order valence-electron chi connectivity index (χ3n) is 7.34. The molecule has 0 radical (unpaired) electrons. The number of amides is 1. The van der Waals surface area contributed by atoms with Gasteiger partial charge in [0.2, 0.25) is 5.91 Å². The number of aliphatic hydroxyl groups is 1. The molecule has 3 aromatic rings. The number of nitrogens with zero attached hydrogens (tertiary/aromatic N) is 2. The lowest BCUT2D eigenvalue weighted by Gasteiger charge is -2.22. The number of pyridine rings is 2. The van der Waals surface area contributed by atoms with Gasteiger partial charge in [0.05, 0.1) is 29.0 Å².